The third-order valence-electron chi connectivity index (χ3n) is 6.98. The minimum absolute atomic E-state index is 0.0373. The summed E-state index contributed by atoms with van der Waals surface area (Å²) in [6.45, 7) is 3.58. The van der Waals surface area contributed by atoms with Crippen LogP contribution in [0.15, 0.2) is 24.5 Å². The number of halogens is 5. The lowest BCUT2D eigenvalue weighted by atomic mass is 9.85. The number of fused-ring (bicyclic) bond motifs is 1. The first-order chi connectivity index (χ1) is 18.0. The molecule has 5 heterocycles. The quantitative estimate of drug-likeness (QED) is 0.361. The van der Waals surface area contributed by atoms with Crippen molar-refractivity contribution < 1.29 is 31.5 Å². The number of nitrogens with zero attached hydrogens (tertiary/aromatic N) is 8. The molecule has 0 N–H and O–H groups in total. The highest BCUT2D eigenvalue weighted by Gasteiger charge is 2.58. The Kier molecular flexibility index (Phi) is 6.18. The van der Waals surface area contributed by atoms with Gasteiger partial charge in [0, 0.05) is 19.6 Å². The SMILES string of the molecule is CCN1C(=O)N(c2ccc(C(F)(F)F)nc2)C(=O)C12CCN(c1cnc3c(C)nn(CC(F)F)c3n1)CC2. The fourth-order valence-corrected chi connectivity index (χ4v) is 5.15. The molecule has 202 valence electrons. The first-order valence-corrected chi connectivity index (χ1v) is 11.9. The predicted molar refractivity (Wildman–Crippen MR) is 125 cm³/mol. The number of imide groups is 1. The van der Waals surface area contributed by atoms with Gasteiger partial charge in [0.25, 0.3) is 12.3 Å². The summed E-state index contributed by atoms with van der Waals surface area (Å²) < 4.78 is 65.9. The van der Waals surface area contributed by atoms with Crippen LogP contribution in [0.25, 0.3) is 11.2 Å². The van der Waals surface area contributed by atoms with Crippen molar-refractivity contribution in [2.24, 2.45) is 0 Å². The van der Waals surface area contributed by atoms with E-state index in [1.807, 2.05) is 4.90 Å². The van der Waals surface area contributed by atoms with E-state index in [0.717, 1.165) is 27.9 Å². The minimum atomic E-state index is -4.65. The van der Waals surface area contributed by atoms with Crippen molar-refractivity contribution in [2.75, 3.05) is 29.4 Å². The van der Waals surface area contributed by atoms with Gasteiger partial charge >= 0.3 is 12.2 Å². The van der Waals surface area contributed by atoms with E-state index in [1.165, 1.54) is 11.1 Å². The van der Waals surface area contributed by atoms with Crippen LogP contribution in [-0.2, 0) is 17.5 Å². The minimum Gasteiger partial charge on any atom is -0.355 e. The number of hydrogen-bond donors (Lipinski definition) is 0. The lowest BCUT2D eigenvalue weighted by Crippen LogP contribution is -2.56. The van der Waals surface area contributed by atoms with E-state index in [4.69, 9.17) is 0 Å². The number of aryl methyl sites for hydroxylation is 1. The second kappa shape index (κ2) is 9.13. The molecule has 0 atom stereocenters. The molecule has 38 heavy (non-hydrogen) atoms. The van der Waals surface area contributed by atoms with Crippen LogP contribution in [0.5, 0.6) is 0 Å². The maximum Gasteiger partial charge on any atom is 0.433 e. The van der Waals surface area contributed by atoms with E-state index in [1.54, 1.807) is 13.8 Å². The fraction of sp³-hybridized carbons (Fsp3) is 0.478. The number of anilines is 2. The van der Waals surface area contributed by atoms with Gasteiger partial charge in [-0.3, -0.25) is 4.79 Å². The van der Waals surface area contributed by atoms with Gasteiger partial charge in [-0.2, -0.15) is 18.3 Å². The maximum absolute atomic E-state index is 13.6. The molecule has 3 amide bonds. The molecular formula is C23H23F5N8O2. The third kappa shape index (κ3) is 4.09. The highest BCUT2D eigenvalue weighted by Crippen LogP contribution is 2.40. The van der Waals surface area contributed by atoms with Crippen LogP contribution < -0.4 is 9.80 Å². The summed E-state index contributed by atoms with van der Waals surface area (Å²) in [4.78, 5) is 43.2. The monoisotopic (exact) mass is 538 g/mol. The third-order valence-corrected chi connectivity index (χ3v) is 6.98. The number of likely N-dealkylation sites (N-methyl/N-ethyl adjacent to an activating group) is 1. The standard InChI is InChI=1S/C23H23F5N8O2/c1-3-34-21(38)36(14-4-5-15(29-10-14)23(26,27)28)20(37)22(34)6-8-33(9-7-22)17-11-30-18-13(2)32-35(12-16(24)25)19(18)31-17/h4-5,10-11,16H,3,6-9,12H2,1-2H3. The number of carbonyl (C=O) groups excluding carboxylic acids is 2. The molecule has 1 spiro atoms. The largest absolute Gasteiger partial charge is 0.433 e. The van der Waals surface area contributed by atoms with Crippen molar-refractivity contribution in [3.63, 3.8) is 0 Å². The first kappa shape index (κ1) is 25.7. The number of urea groups is 1. The van der Waals surface area contributed by atoms with Crippen molar-refractivity contribution in [1.82, 2.24) is 29.6 Å². The lowest BCUT2D eigenvalue weighted by Gasteiger charge is -2.42. The summed E-state index contributed by atoms with van der Waals surface area (Å²) in [5, 5.41) is 4.10. The molecule has 0 bridgehead atoms. The molecule has 0 radical (unpaired) electrons. The summed E-state index contributed by atoms with van der Waals surface area (Å²) in [6.07, 6.45) is -4.43. The molecule has 3 aromatic rings. The Hall–Kier alpha value is -3.91. The molecular weight excluding hydrogens is 515 g/mol. The van der Waals surface area contributed by atoms with Crippen LogP contribution in [0.1, 0.15) is 31.2 Å². The molecule has 10 nitrogen and oxygen atoms in total. The molecule has 0 unspecified atom stereocenters. The van der Waals surface area contributed by atoms with E-state index in [9.17, 15) is 31.5 Å². The number of rotatable bonds is 5. The second-order valence-electron chi connectivity index (χ2n) is 9.14. The Morgan fingerprint density at radius 1 is 1.08 bits per heavy atom. The maximum atomic E-state index is 13.6. The van der Waals surface area contributed by atoms with Gasteiger partial charge < -0.3 is 9.80 Å². The zero-order valence-electron chi connectivity index (χ0n) is 20.4. The lowest BCUT2D eigenvalue weighted by molar-refractivity contribution is -0.141. The van der Waals surface area contributed by atoms with Crippen LogP contribution >= 0.6 is 0 Å². The normalized spacial score (nSPS) is 18.1. The fourth-order valence-electron chi connectivity index (χ4n) is 5.15. The van der Waals surface area contributed by atoms with E-state index >= 15 is 0 Å². The van der Waals surface area contributed by atoms with Crippen LogP contribution in [0.2, 0.25) is 0 Å². The van der Waals surface area contributed by atoms with Crippen LogP contribution in [-0.4, -0.2) is 73.2 Å². The number of piperidine rings is 1. The highest BCUT2D eigenvalue weighted by atomic mass is 19.4. The Morgan fingerprint density at radius 3 is 2.37 bits per heavy atom. The molecule has 3 aromatic heterocycles. The molecule has 0 saturated carbocycles. The van der Waals surface area contributed by atoms with Gasteiger partial charge in [-0.25, -0.2) is 38.1 Å². The Labute approximate surface area is 213 Å². The molecule has 2 aliphatic heterocycles. The summed E-state index contributed by atoms with van der Waals surface area (Å²) in [6, 6.07) is 1.16. The van der Waals surface area contributed by atoms with E-state index in [2.05, 4.69) is 20.1 Å². The molecule has 2 aliphatic rings. The number of hydrogen-bond acceptors (Lipinski definition) is 7. The van der Waals surface area contributed by atoms with Gasteiger partial charge in [-0.15, -0.1) is 0 Å². The van der Waals surface area contributed by atoms with Crippen molar-refractivity contribution >= 4 is 34.6 Å². The molecule has 2 fully saturated rings. The highest BCUT2D eigenvalue weighted by molar-refractivity contribution is 6.23. The van der Waals surface area contributed by atoms with Crippen molar-refractivity contribution in [1.29, 1.82) is 0 Å². The summed E-state index contributed by atoms with van der Waals surface area (Å²) in [5.74, 6) is -0.107. The zero-order chi connectivity index (χ0) is 27.4. The average Bonchev–Trinajstić information content (AvgIpc) is 3.28. The molecule has 0 aromatic carbocycles. The van der Waals surface area contributed by atoms with Crippen molar-refractivity contribution in [2.45, 2.75) is 51.4 Å². The van der Waals surface area contributed by atoms with Crippen molar-refractivity contribution in [3.05, 3.63) is 35.9 Å². The smallest absolute Gasteiger partial charge is 0.355 e. The van der Waals surface area contributed by atoms with E-state index in [-0.39, 0.29) is 30.7 Å². The zero-order valence-corrected chi connectivity index (χ0v) is 20.4. The second-order valence-corrected chi connectivity index (χ2v) is 9.14. The van der Waals surface area contributed by atoms with Gasteiger partial charge in [0.15, 0.2) is 5.65 Å². The van der Waals surface area contributed by atoms with Gasteiger partial charge in [-0.1, -0.05) is 0 Å². The van der Waals surface area contributed by atoms with Crippen molar-refractivity contribution in [3.8, 4) is 0 Å². The topological polar surface area (TPSA) is 100 Å². The van der Waals surface area contributed by atoms with Gasteiger partial charge in [0.1, 0.15) is 29.1 Å². The number of carbonyl (C=O) groups is 2. The Balaban J connectivity index is 1.39. The Morgan fingerprint density at radius 2 is 1.79 bits per heavy atom. The van der Waals surface area contributed by atoms with Crippen LogP contribution in [0, 0.1) is 6.92 Å². The van der Waals surface area contributed by atoms with Gasteiger partial charge in [0.05, 0.1) is 23.8 Å². The number of pyridine rings is 1. The van der Waals surface area contributed by atoms with Crippen LogP contribution in [0.4, 0.5) is 38.3 Å². The average molecular weight is 538 g/mol. The van der Waals surface area contributed by atoms with E-state index < -0.39 is 42.3 Å². The summed E-state index contributed by atoms with van der Waals surface area (Å²) >= 11 is 0. The number of alkyl halides is 5. The number of aromatic nitrogens is 5. The predicted octanol–water partition coefficient (Wildman–Crippen LogP) is 3.64. The van der Waals surface area contributed by atoms with Gasteiger partial charge in [0.2, 0.25) is 0 Å². The molecule has 0 aliphatic carbocycles. The first-order valence-electron chi connectivity index (χ1n) is 11.9. The molecule has 5 rings (SSSR count). The van der Waals surface area contributed by atoms with Crippen LogP contribution in [0.3, 0.4) is 0 Å². The Bertz CT molecular complexity index is 1380. The number of amides is 3. The molecule has 2 saturated heterocycles. The summed E-state index contributed by atoms with van der Waals surface area (Å²) in [5.41, 5.74) is -1.23. The molecule has 15 heteroatoms. The van der Waals surface area contributed by atoms with Gasteiger partial charge in [-0.05, 0) is 38.8 Å². The summed E-state index contributed by atoms with van der Waals surface area (Å²) in [7, 11) is 0. The van der Waals surface area contributed by atoms with E-state index in [0.29, 0.717) is 30.1 Å².